The van der Waals surface area contributed by atoms with Gasteiger partial charge in [-0.1, -0.05) is 18.2 Å². The summed E-state index contributed by atoms with van der Waals surface area (Å²) in [4.78, 5) is 22.1. The summed E-state index contributed by atoms with van der Waals surface area (Å²) in [6.07, 6.45) is 1.93. The largest absolute Gasteiger partial charge is 0.368 e. The fraction of sp³-hybridized carbons (Fsp3) is 0.300. The zero-order valence-electron chi connectivity index (χ0n) is 14.9. The van der Waals surface area contributed by atoms with E-state index in [9.17, 15) is 4.79 Å². The van der Waals surface area contributed by atoms with Crippen molar-refractivity contribution in [1.82, 2.24) is 14.3 Å². The normalized spacial score (nSPS) is 14.9. The SMILES string of the molecule is Cc1nc2c(C)cc(Br)cn2c1C(=O)N1CCN(c2ccccc2)CC1. The summed E-state index contributed by atoms with van der Waals surface area (Å²) >= 11 is 3.53. The van der Waals surface area contributed by atoms with Gasteiger partial charge >= 0.3 is 0 Å². The molecule has 1 saturated heterocycles. The monoisotopic (exact) mass is 412 g/mol. The number of fused-ring (bicyclic) bond motifs is 1. The van der Waals surface area contributed by atoms with Crippen LogP contribution in [0.4, 0.5) is 5.69 Å². The lowest BCUT2D eigenvalue weighted by Gasteiger charge is -2.36. The average molecular weight is 413 g/mol. The number of imidazole rings is 1. The number of pyridine rings is 1. The molecule has 6 heteroatoms. The molecule has 3 aromatic rings. The number of rotatable bonds is 2. The van der Waals surface area contributed by atoms with E-state index in [1.165, 1.54) is 5.69 Å². The standard InChI is InChI=1S/C20H21BrN4O/c1-14-12-16(21)13-25-18(15(2)22-19(14)25)20(26)24-10-8-23(9-11-24)17-6-4-3-5-7-17/h3-7,12-13H,8-11H2,1-2H3. The van der Waals surface area contributed by atoms with Gasteiger partial charge in [-0.2, -0.15) is 0 Å². The predicted octanol–water partition coefficient (Wildman–Crippen LogP) is 3.68. The molecule has 1 fully saturated rings. The maximum atomic E-state index is 13.2. The first-order valence-corrected chi connectivity index (χ1v) is 9.58. The molecule has 1 aromatic carbocycles. The number of hydrogen-bond donors (Lipinski definition) is 0. The van der Waals surface area contributed by atoms with Gasteiger partial charge in [-0.25, -0.2) is 4.98 Å². The highest BCUT2D eigenvalue weighted by Gasteiger charge is 2.26. The van der Waals surface area contributed by atoms with Gasteiger partial charge in [0, 0.05) is 42.5 Å². The molecule has 1 aliphatic heterocycles. The molecule has 0 spiro atoms. The molecule has 134 valence electrons. The zero-order chi connectivity index (χ0) is 18.3. The number of benzene rings is 1. The minimum absolute atomic E-state index is 0.0558. The molecule has 26 heavy (non-hydrogen) atoms. The second kappa shape index (κ2) is 6.76. The predicted molar refractivity (Wildman–Crippen MR) is 107 cm³/mol. The van der Waals surface area contributed by atoms with Crippen LogP contribution >= 0.6 is 15.9 Å². The van der Waals surface area contributed by atoms with E-state index >= 15 is 0 Å². The van der Waals surface area contributed by atoms with E-state index in [-0.39, 0.29) is 5.91 Å². The van der Waals surface area contributed by atoms with Gasteiger partial charge in [-0.05, 0) is 53.5 Å². The van der Waals surface area contributed by atoms with Crippen molar-refractivity contribution in [1.29, 1.82) is 0 Å². The third kappa shape index (κ3) is 2.98. The van der Waals surface area contributed by atoms with Crippen molar-refractivity contribution in [2.24, 2.45) is 0 Å². The van der Waals surface area contributed by atoms with E-state index in [1.807, 2.05) is 41.5 Å². The van der Waals surface area contributed by atoms with Gasteiger partial charge in [0.2, 0.25) is 0 Å². The second-order valence-electron chi connectivity index (χ2n) is 6.70. The lowest BCUT2D eigenvalue weighted by molar-refractivity contribution is 0.0739. The minimum Gasteiger partial charge on any atom is -0.368 e. The van der Waals surface area contributed by atoms with Crippen molar-refractivity contribution >= 4 is 33.2 Å². The Morgan fingerprint density at radius 3 is 2.46 bits per heavy atom. The van der Waals surface area contributed by atoms with Gasteiger partial charge in [-0.15, -0.1) is 0 Å². The van der Waals surface area contributed by atoms with E-state index in [1.54, 1.807) is 0 Å². The summed E-state index contributed by atoms with van der Waals surface area (Å²) < 4.78 is 2.86. The van der Waals surface area contributed by atoms with Gasteiger partial charge in [0.15, 0.2) is 0 Å². The summed E-state index contributed by atoms with van der Waals surface area (Å²) in [5.74, 6) is 0.0558. The van der Waals surface area contributed by atoms with Gasteiger partial charge in [0.05, 0.1) is 5.69 Å². The fourth-order valence-electron chi connectivity index (χ4n) is 3.60. The molecule has 5 nitrogen and oxygen atoms in total. The molecular weight excluding hydrogens is 392 g/mol. The van der Waals surface area contributed by atoms with Crippen LogP contribution in [0.15, 0.2) is 47.1 Å². The lowest BCUT2D eigenvalue weighted by Crippen LogP contribution is -2.49. The van der Waals surface area contributed by atoms with Crippen LogP contribution in [0.25, 0.3) is 5.65 Å². The van der Waals surface area contributed by atoms with Crippen LogP contribution in [0.1, 0.15) is 21.7 Å². The Morgan fingerprint density at radius 2 is 1.77 bits per heavy atom. The fourth-order valence-corrected chi connectivity index (χ4v) is 4.14. The molecule has 0 bridgehead atoms. The highest BCUT2D eigenvalue weighted by atomic mass is 79.9. The number of nitrogens with zero attached hydrogens (tertiary/aromatic N) is 4. The molecule has 0 radical (unpaired) electrons. The summed E-state index contributed by atoms with van der Waals surface area (Å²) in [5, 5.41) is 0. The number of piperazine rings is 1. The van der Waals surface area contributed by atoms with Crippen molar-refractivity contribution in [2.75, 3.05) is 31.1 Å². The van der Waals surface area contributed by atoms with E-state index < -0.39 is 0 Å². The molecule has 2 aromatic heterocycles. The van der Waals surface area contributed by atoms with Crippen LogP contribution < -0.4 is 4.90 Å². The quantitative estimate of drug-likeness (QED) is 0.644. The van der Waals surface area contributed by atoms with Crippen LogP contribution in [0.5, 0.6) is 0 Å². The first kappa shape index (κ1) is 17.1. The van der Waals surface area contributed by atoms with Gasteiger partial charge in [-0.3, -0.25) is 9.20 Å². The number of aryl methyl sites for hydroxylation is 2. The van der Waals surface area contributed by atoms with Gasteiger partial charge in [0.1, 0.15) is 11.3 Å². The minimum atomic E-state index is 0.0558. The Labute approximate surface area is 161 Å². The molecule has 4 rings (SSSR count). The topological polar surface area (TPSA) is 40.9 Å². The van der Waals surface area contributed by atoms with Crippen LogP contribution in [0.2, 0.25) is 0 Å². The Bertz CT molecular complexity index is 959. The van der Waals surface area contributed by atoms with Crippen molar-refractivity contribution < 1.29 is 4.79 Å². The number of anilines is 1. The first-order chi connectivity index (χ1) is 12.5. The van der Waals surface area contributed by atoms with E-state index in [2.05, 4.69) is 50.1 Å². The van der Waals surface area contributed by atoms with Crippen LogP contribution in [-0.2, 0) is 0 Å². The van der Waals surface area contributed by atoms with Gasteiger partial charge < -0.3 is 9.80 Å². The summed E-state index contributed by atoms with van der Waals surface area (Å²) in [6, 6.07) is 12.4. The summed E-state index contributed by atoms with van der Waals surface area (Å²) in [5.41, 5.74) is 4.55. The average Bonchev–Trinajstić information content (AvgIpc) is 2.98. The van der Waals surface area contributed by atoms with Crippen LogP contribution in [-0.4, -0.2) is 46.4 Å². The van der Waals surface area contributed by atoms with Crippen LogP contribution in [0.3, 0.4) is 0 Å². The number of hydrogen-bond acceptors (Lipinski definition) is 3. The lowest BCUT2D eigenvalue weighted by atomic mass is 10.2. The Balaban J connectivity index is 1.58. The number of carbonyl (C=O) groups excluding carboxylic acids is 1. The molecule has 3 heterocycles. The Kier molecular flexibility index (Phi) is 4.44. The molecule has 0 unspecified atom stereocenters. The Hall–Kier alpha value is -2.34. The maximum absolute atomic E-state index is 13.2. The van der Waals surface area contributed by atoms with E-state index in [0.29, 0.717) is 18.8 Å². The van der Waals surface area contributed by atoms with Crippen LogP contribution in [0, 0.1) is 13.8 Å². The van der Waals surface area contributed by atoms with Crippen molar-refractivity contribution in [3.8, 4) is 0 Å². The van der Waals surface area contributed by atoms with Gasteiger partial charge in [0.25, 0.3) is 5.91 Å². The number of amides is 1. The molecule has 0 N–H and O–H groups in total. The van der Waals surface area contributed by atoms with Crippen molar-refractivity contribution in [3.63, 3.8) is 0 Å². The molecule has 1 amide bonds. The Morgan fingerprint density at radius 1 is 1.08 bits per heavy atom. The zero-order valence-corrected chi connectivity index (χ0v) is 16.5. The molecule has 0 saturated carbocycles. The highest BCUT2D eigenvalue weighted by molar-refractivity contribution is 9.10. The molecular formula is C20H21BrN4O. The number of para-hydroxylation sites is 1. The first-order valence-electron chi connectivity index (χ1n) is 8.78. The second-order valence-corrected chi connectivity index (χ2v) is 7.61. The van der Waals surface area contributed by atoms with Crippen molar-refractivity contribution in [2.45, 2.75) is 13.8 Å². The molecule has 0 atom stereocenters. The smallest absolute Gasteiger partial charge is 0.272 e. The molecule has 1 aliphatic rings. The summed E-state index contributed by atoms with van der Waals surface area (Å²) in [6.45, 7) is 7.04. The maximum Gasteiger partial charge on any atom is 0.272 e. The number of aromatic nitrogens is 2. The van der Waals surface area contributed by atoms with E-state index in [4.69, 9.17) is 0 Å². The third-order valence-corrected chi connectivity index (χ3v) is 5.37. The van der Waals surface area contributed by atoms with E-state index in [0.717, 1.165) is 34.5 Å². The highest BCUT2D eigenvalue weighted by Crippen LogP contribution is 2.23. The number of halogens is 1. The number of carbonyl (C=O) groups is 1. The van der Waals surface area contributed by atoms with Crippen molar-refractivity contribution in [3.05, 3.63) is 64.0 Å². The summed E-state index contributed by atoms with van der Waals surface area (Å²) in [7, 11) is 0. The molecule has 0 aliphatic carbocycles. The third-order valence-electron chi connectivity index (χ3n) is 4.94.